The van der Waals surface area contributed by atoms with E-state index in [1.54, 1.807) is 24.3 Å². The Labute approximate surface area is 330 Å². The largest absolute Gasteiger partial charge is 0.467 e. The monoisotopic (exact) mass is 792 g/mol. The number of rotatable bonds is 18. The van der Waals surface area contributed by atoms with Gasteiger partial charge in [0.15, 0.2) is 37.0 Å². The van der Waals surface area contributed by atoms with E-state index >= 15 is 0 Å². The smallest absolute Gasteiger partial charge is 0.339 e. The fraction of sp³-hybridized carbons (Fsp3) is 0.429. The van der Waals surface area contributed by atoms with Crippen LogP contribution in [0.3, 0.4) is 0 Å². The average molecular weight is 793 g/mol. The van der Waals surface area contributed by atoms with E-state index in [0.29, 0.717) is 5.56 Å². The van der Waals surface area contributed by atoms with Gasteiger partial charge in [0.2, 0.25) is 0 Å². The Morgan fingerprint density at radius 2 is 0.947 bits per heavy atom. The molecule has 2 heterocycles. The van der Waals surface area contributed by atoms with E-state index in [1.807, 2.05) is 66.7 Å². The maximum atomic E-state index is 13.7. The molecule has 0 radical (unpaired) electrons. The molecule has 2 saturated heterocycles. The molecule has 3 aromatic rings. The number of carbonyl (C=O) groups excluding carboxylic acids is 4. The first-order chi connectivity index (χ1) is 27.6. The lowest BCUT2D eigenvalue weighted by atomic mass is 9.95. The van der Waals surface area contributed by atoms with Crippen molar-refractivity contribution in [3.63, 3.8) is 0 Å². The minimum Gasteiger partial charge on any atom is -0.467 e. The third-order valence-corrected chi connectivity index (χ3v) is 8.99. The van der Waals surface area contributed by atoms with Crippen molar-refractivity contribution in [2.24, 2.45) is 0 Å². The van der Waals surface area contributed by atoms with Crippen molar-refractivity contribution in [1.29, 1.82) is 0 Å². The molecule has 0 spiro atoms. The molecule has 5 rings (SSSR count). The second kappa shape index (κ2) is 21.5. The number of hydrogen-bond donors (Lipinski definition) is 0. The number of methoxy groups -OCH3 is 2. The van der Waals surface area contributed by atoms with Crippen LogP contribution in [-0.2, 0) is 91.1 Å². The lowest BCUT2D eigenvalue weighted by Gasteiger charge is -2.48. The molecule has 2 aliphatic rings. The van der Waals surface area contributed by atoms with Crippen molar-refractivity contribution in [3.8, 4) is 0 Å². The fourth-order valence-corrected chi connectivity index (χ4v) is 6.43. The molecular weight excluding hydrogens is 744 g/mol. The lowest BCUT2D eigenvalue weighted by Crippen LogP contribution is -2.67. The van der Waals surface area contributed by atoms with Crippen LogP contribution in [0.1, 0.15) is 30.5 Å². The Bertz CT molecular complexity index is 1740. The maximum Gasteiger partial charge on any atom is 0.339 e. The summed E-state index contributed by atoms with van der Waals surface area (Å²) >= 11 is 0. The normalized spacial score (nSPS) is 27.1. The van der Waals surface area contributed by atoms with E-state index in [9.17, 15) is 19.2 Å². The van der Waals surface area contributed by atoms with E-state index in [4.69, 9.17) is 52.1 Å². The van der Waals surface area contributed by atoms with Crippen molar-refractivity contribution in [2.45, 2.75) is 95.1 Å². The van der Waals surface area contributed by atoms with Crippen molar-refractivity contribution < 1.29 is 71.3 Å². The third kappa shape index (κ3) is 11.8. The second-order valence-corrected chi connectivity index (χ2v) is 13.1. The second-order valence-electron chi connectivity index (χ2n) is 13.1. The molecule has 15 nitrogen and oxygen atoms in total. The Morgan fingerprint density at radius 3 is 1.39 bits per heavy atom. The minimum absolute atomic E-state index is 0.0181. The highest BCUT2D eigenvalue weighted by Crippen LogP contribution is 2.36. The number of esters is 4. The predicted octanol–water partition coefficient (Wildman–Crippen LogP) is 3.99. The molecule has 0 bridgehead atoms. The molecule has 3 aromatic carbocycles. The Balaban J connectivity index is 1.61. The number of ether oxygens (including phenoxy) is 11. The predicted molar refractivity (Wildman–Crippen MR) is 199 cm³/mol. The quantitative estimate of drug-likeness (QED) is 0.103. The summed E-state index contributed by atoms with van der Waals surface area (Å²) in [6.45, 7) is 6.06. The Morgan fingerprint density at radius 1 is 0.544 bits per heavy atom. The first-order valence-corrected chi connectivity index (χ1v) is 18.3. The van der Waals surface area contributed by atoms with E-state index in [-0.39, 0.29) is 26.4 Å². The zero-order valence-corrected chi connectivity index (χ0v) is 32.2. The fourth-order valence-electron chi connectivity index (χ4n) is 6.43. The summed E-state index contributed by atoms with van der Waals surface area (Å²) in [5.41, 5.74) is 2.32. The van der Waals surface area contributed by atoms with Crippen molar-refractivity contribution in [2.75, 3.05) is 20.8 Å². The lowest BCUT2D eigenvalue weighted by molar-refractivity contribution is -0.363. The summed E-state index contributed by atoms with van der Waals surface area (Å²) < 4.78 is 66.2. The highest BCUT2D eigenvalue weighted by atomic mass is 16.8. The summed E-state index contributed by atoms with van der Waals surface area (Å²) in [7, 11) is 2.29. The summed E-state index contributed by atoms with van der Waals surface area (Å²) in [5.74, 6) is -3.43. The van der Waals surface area contributed by atoms with Gasteiger partial charge in [-0.15, -0.1) is 6.58 Å². The number of hydrogen-bond acceptors (Lipinski definition) is 15. The Kier molecular flexibility index (Phi) is 16.3. The van der Waals surface area contributed by atoms with Gasteiger partial charge in [-0.25, -0.2) is 9.59 Å². The minimum atomic E-state index is -1.69. The molecule has 15 heteroatoms. The van der Waals surface area contributed by atoms with Gasteiger partial charge in [0, 0.05) is 13.8 Å². The molecule has 306 valence electrons. The van der Waals surface area contributed by atoms with Crippen LogP contribution in [0, 0.1) is 0 Å². The average Bonchev–Trinajstić information content (AvgIpc) is 3.22. The van der Waals surface area contributed by atoms with Crippen molar-refractivity contribution in [3.05, 3.63) is 120 Å². The third-order valence-electron chi connectivity index (χ3n) is 8.99. The Hall–Kier alpha value is -5.00. The zero-order chi connectivity index (χ0) is 40.7. The van der Waals surface area contributed by atoms with E-state index < -0.39 is 85.3 Å². The van der Waals surface area contributed by atoms with Gasteiger partial charge >= 0.3 is 23.9 Å². The number of benzene rings is 3. The summed E-state index contributed by atoms with van der Waals surface area (Å²) in [6, 6.07) is 27.6. The maximum absolute atomic E-state index is 13.7. The molecule has 0 aromatic heterocycles. The molecule has 2 aliphatic heterocycles. The van der Waals surface area contributed by atoms with Gasteiger partial charge in [-0.05, 0) is 16.7 Å². The van der Waals surface area contributed by atoms with Crippen LogP contribution >= 0.6 is 0 Å². The summed E-state index contributed by atoms with van der Waals surface area (Å²) in [6.07, 6.45) is -12.7. The van der Waals surface area contributed by atoms with Crippen LogP contribution in [0.2, 0.25) is 0 Å². The molecule has 0 amide bonds. The van der Waals surface area contributed by atoms with Crippen LogP contribution in [0.4, 0.5) is 0 Å². The van der Waals surface area contributed by atoms with Gasteiger partial charge in [0.1, 0.15) is 24.4 Å². The van der Waals surface area contributed by atoms with E-state index in [2.05, 4.69) is 6.58 Å². The molecule has 57 heavy (non-hydrogen) atoms. The molecule has 2 fully saturated rings. The molecule has 0 aliphatic carbocycles. The molecular formula is C42H48O15. The highest BCUT2D eigenvalue weighted by molar-refractivity contribution is 5.77. The highest BCUT2D eigenvalue weighted by Gasteiger charge is 2.58. The molecule has 10 atom stereocenters. The van der Waals surface area contributed by atoms with E-state index in [1.165, 1.54) is 13.2 Å². The SMILES string of the molecule is C=CCO[C@H]1O[C@H](C(=O)OC)[C@H](O[C@@H]2O[C@H](C(=O)OC)[C@H](OC(C)=O)[C@H](OC(C)=O)[C@H]2OCc2ccccc2)[C@H](OCc2ccccc2)[C@H]1OCc1ccccc1. The summed E-state index contributed by atoms with van der Waals surface area (Å²) in [5, 5.41) is 0. The molecule has 0 unspecified atom stereocenters. The topological polar surface area (TPSA) is 170 Å². The van der Waals surface area contributed by atoms with Gasteiger partial charge < -0.3 is 52.1 Å². The molecule has 0 N–H and O–H groups in total. The van der Waals surface area contributed by atoms with Crippen LogP contribution in [0.25, 0.3) is 0 Å². The van der Waals surface area contributed by atoms with Crippen molar-refractivity contribution >= 4 is 23.9 Å². The van der Waals surface area contributed by atoms with E-state index in [0.717, 1.165) is 32.1 Å². The van der Waals surface area contributed by atoms with Crippen molar-refractivity contribution in [1.82, 2.24) is 0 Å². The van der Waals surface area contributed by atoms with Gasteiger partial charge in [0.05, 0.1) is 40.6 Å². The van der Waals surface area contributed by atoms with Crippen LogP contribution in [0.15, 0.2) is 104 Å². The van der Waals surface area contributed by atoms with Crippen LogP contribution < -0.4 is 0 Å². The van der Waals surface area contributed by atoms with Gasteiger partial charge in [-0.3, -0.25) is 9.59 Å². The van der Waals surface area contributed by atoms with Gasteiger partial charge in [-0.1, -0.05) is 97.1 Å². The van der Waals surface area contributed by atoms with Crippen LogP contribution in [0.5, 0.6) is 0 Å². The van der Waals surface area contributed by atoms with Gasteiger partial charge in [0.25, 0.3) is 0 Å². The number of carbonyl (C=O) groups is 4. The zero-order valence-electron chi connectivity index (χ0n) is 32.2. The van der Waals surface area contributed by atoms with Gasteiger partial charge in [-0.2, -0.15) is 0 Å². The molecule has 0 saturated carbocycles. The first kappa shape index (κ1) is 43.1. The first-order valence-electron chi connectivity index (χ1n) is 18.3. The van der Waals surface area contributed by atoms with Crippen LogP contribution in [-0.4, -0.2) is 106 Å². The summed E-state index contributed by atoms with van der Waals surface area (Å²) in [4.78, 5) is 52.1. The standard InChI is InChI=1S/C42H48O15/c1-6-22-49-41-37(51-24-29-18-12-8-13-19-29)31(50-23-28-16-10-7-11-17-28)32(35(56-41)39(45)47-4)55-42-38(52-25-30-20-14-9-15-21-30)34(54-27(3)44)33(53-26(2)43)36(57-42)40(46)48-5/h6-21,31-38,41-42H,1,22-25H2,2-5H3/t31-,32+,33+,34-,35-,36-,37+,38+,41-,42+/m0/s1.